The van der Waals surface area contributed by atoms with Gasteiger partial charge in [-0.3, -0.25) is 9.69 Å². The summed E-state index contributed by atoms with van der Waals surface area (Å²) in [6.45, 7) is 2.20. The minimum atomic E-state index is -0.275. The van der Waals surface area contributed by atoms with Crippen LogP contribution in [0.2, 0.25) is 0 Å². The zero-order chi connectivity index (χ0) is 20.2. The minimum Gasteiger partial charge on any atom is -0.484 e. The summed E-state index contributed by atoms with van der Waals surface area (Å²) < 4.78 is 6.95. The fourth-order valence-corrected chi connectivity index (χ4v) is 4.61. The van der Waals surface area contributed by atoms with E-state index >= 15 is 0 Å². The summed E-state index contributed by atoms with van der Waals surface area (Å²) in [6, 6.07) is 17.9. The smallest absolute Gasteiger partial charge is 0.260 e. The highest BCUT2D eigenvalue weighted by atomic mass is 32.1. The molecule has 1 unspecified atom stereocenters. The molecular formula is C23H26N2O3S. The quantitative estimate of drug-likeness (QED) is 0.647. The Balaban J connectivity index is 1.44. The molecule has 0 saturated carbocycles. The highest BCUT2D eigenvalue weighted by molar-refractivity contribution is 7.17. The van der Waals surface area contributed by atoms with Crippen LogP contribution in [-0.2, 0) is 4.79 Å². The van der Waals surface area contributed by atoms with E-state index < -0.39 is 0 Å². The van der Waals surface area contributed by atoms with Gasteiger partial charge in [-0.15, -0.1) is 11.3 Å². The topological polar surface area (TPSA) is 53.0 Å². The average molecular weight is 411 g/mol. The number of benzene rings is 2. The van der Waals surface area contributed by atoms with Gasteiger partial charge in [0.15, 0.2) is 6.61 Å². The number of carbonyl (C=O) groups is 1. The van der Waals surface area contributed by atoms with Gasteiger partial charge >= 0.3 is 0 Å². The third-order valence-corrected chi connectivity index (χ3v) is 6.39. The van der Waals surface area contributed by atoms with Crippen molar-refractivity contribution in [3.05, 3.63) is 65.5 Å². The van der Waals surface area contributed by atoms with Crippen molar-refractivity contribution in [3.63, 3.8) is 0 Å². The zero-order valence-corrected chi connectivity index (χ0v) is 17.3. The van der Waals surface area contributed by atoms with Gasteiger partial charge in [0, 0.05) is 31.4 Å². The number of aliphatic hydroxyl groups excluding tert-OH is 1. The predicted octanol–water partition coefficient (Wildman–Crippen LogP) is 3.55. The van der Waals surface area contributed by atoms with E-state index in [9.17, 15) is 9.90 Å². The average Bonchev–Trinajstić information content (AvgIpc) is 3.38. The molecule has 0 bridgehead atoms. The maximum Gasteiger partial charge on any atom is 0.260 e. The molecule has 1 aliphatic heterocycles. The third-order valence-electron chi connectivity index (χ3n) is 5.51. The van der Waals surface area contributed by atoms with Gasteiger partial charge in [0.2, 0.25) is 0 Å². The number of carbonyl (C=O) groups excluding carboxylic acids is 1. The third kappa shape index (κ3) is 4.78. The molecule has 5 nitrogen and oxygen atoms in total. The van der Waals surface area contributed by atoms with E-state index in [2.05, 4.69) is 11.0 Å². The molecule has 2 atom stereocenters. The molecule has 29 heavy (non-hydrogen) atoms. The number of rotatable bonds is 7. The molecule has 2 aromatic carbocycles. The van der Waals surface area contributed by atoms with Crippen molar-refractivity contribution in [3.8, 4) is 5.75 Å². The van der Waals surface area contributed by atoms with Crippen LogP contribution in [0, 0.1) is 0 Å². The van der Waals surface area contributed by atoms with Crippen molar-refractivity contribution in [2.75, 3.05) is 33.3 Å². The first-order valence-electron chi connectivity index (χ1n) is 9.91. The Kier molecular flexibility index (Phi) is 6.13. The molecule has 2 heterocycles. The van der Waals surface area contributed by atoms with Gasteiger partial charge in [0.05, 0.1) is 12.1 Å². The predicted molar refractivity (Wildman–Crippen MR) is 116 cm³/mol. The molecule has 4 rings (SSSR count). The molecule has 6 heteroatoms. The number of likely N-dealkylation sites (N-methyl/N-ethyl adjacent to an activating group) is 1. The maximum atomic E-state index is 12.9. The molecule has 1 saturated heterocycles. The van der Waals surface area contributed by atoms with Crippen molar-refractivity contribution in [2.45, 2.75) is 18.6 Å². The fourth-order valence-electron chi connectivity index (χ4n) is 3.79. The molecule has 0 spiro atoms. The SMILES string of the molecule is CN(C(=O)COc1ccc2ccsc2c1)C(CN1CC[C@H](O)C1)c1ccccc1. The molecule has 0 radical (unpaired) electrons. The summed E-state index contributed by atoms with van der Waals surface area (Å²) in [5, 5.41) is 13.1. The molecule has 1 N–H and O–H groups in total. The Morgan fingerprint density at radius 3 is 2.86 bits per heavy atom. The van der Waals surface area contributed by atoms with Crippen LogP contribution in [0.15, 0.2) is 60.0 Å². The monoisotopic (exact) mass is 410 g/mol. The Labute approximate surface area is 175 Å². The number of nitrogens with zero attached hydrogens (tertiary/aromatic N) is 2. The van der Waals surface area contributed by atoms with Gasteiger partial charge in [-0.2, -0.15) is 0 Å². The van der Waals surface area contributed by atoms with Gasteiger partial charge < -0.3 is 14.7 Å². The van der Waals surface area contributed by atoms with Crippen molar-refractivity contribution >= 4 is 27.3 Å². The molecule has 1 fully saturated rings. The van der Waals surface area contributed by atoms with Crippen molar-refractivity contribution < 1.29 is 14.6 Å². The molecule has 1 amide bonds. The van der Waals surface area contributed by atoms with Crippen LogP contribution in [0.4, 0.5) is 0 Å². The summed E-state index contributed by atoms with van der Waals surface area (Å²) in [6.07, 6.45) is 0.510. The Bertz CT molecular complexity index is 959. The van der Waals surface area contributed by atoms with Crippen LogP contribution in [0.1, 0.15) is 18.0 Å². The number of hydrogen-bond donors (Lipinski definition) is 1. The summed E-state index contributed by atoms with van der Waals surface area (Å²) in [5.41, 5.74) is 1.09. The van der Waals surface area contributed by atoms with E-state index in [1.54, 1.807) is 16.2 Å². The first kappa shape index (κ1) is 19.9. The molecule has 0 aliphatic carbocycles. The number of thiophene rings is 1. The Morgan fingerprint density at radius 2 is 2.10 bits per heavy atom. The lowest BCUT2D eigenvalue weighted by atomic mass is 10.0. The van der Waals surface area contributed by atoms with E-state index in [0.717, 1.165) is 23.2 Å². The number of β-amino-alcohol motifs (C(OH)–C–C–N with tert-alkyl or cyclic N) is 1. The van der Waals surface area contributed by atoms with Crippen LogP contribution in [0.25, 0.3) is 10.1 Å². The summed E-state index contributed by atoms with van der Waals surface area (Å²) in [4.78, 5) is 16.9. The number of fused-ring (bicyclic) bond motifs is 1. The summed E-state index contributed by atoms with van der Waals surface area (Å²) in [7, 11) is 1.83. The summed E-state index contributed by atoms with van der Waals surface area (Å²) in [5.74, 6) is 0.644. The van der Waals surface area contributed by atoms with Crippen molar-refractivity contribution in [1.82, 2.24) is 9.80 Å². The standard InChI is InChI=1S/C23H26N2O3S/c1-24(23(27)16-28-20-8-7-18-10-12-29-22(18)13-20)21(17-5-3-2-4-6-17)15-25-11-9-19(26)14-25/h2-8,10,12-13,19,21,26H,9,11,14-16H2,1H3/t19-,21?/m0/s1. The Hall–Kier alpha value is -2.41. The van der Waals surface area contributed by atoms with Crippen LogP contribution in [-0.4, -0.2) is 60.2 Å². The number of hydrogen-bond acceptors (Lipinski definition) is 5. The van der Waals surface area contributed by atoms with E-state index in [0.29, 0.717) is 18.8 Å². The molecule has 1 aromatic heterocycles. The highest BCUT2D eigenvalue weighted by Gasteiger charge is 2.28. The molecular weight excluding hydrogens is 384 g/mol. The highest BCUT2D eigenvalue weighted by Crippen LogP contribution is 2.26. The van der Waals surface area contributed by atoms with Crippen molar-refractivity contribution in [2.24, 2.45) is 0 Å². The molecule has 152 valence electrons. The minimum absolute atomic E-state index is 0.000654. The van der Waals surface area contributed by atoms with E-state index in [-0.39, 0.29) is 24.7 Å². The largest absolute Gasteiger partial charge is 0.484 e. The second-order valence-corrected chi connectivity index (χ2v) is 8.49. The van der Waals surface area contributed by atoms with Gasteiger partial charge in [-0.1, -0.05) is 30.3 Å². The Morgan fingerprint density at radius 1 is 1.28 bits per heavy atom. The number of likely N-dealkylation sites (tertiary alicyclic amines) is 1. The normalized spacial score (nSPS) is 18.1. The first-order chi connectivity index (χ1) is 14.1. The van der Waals surface area contributed by atoms with Crippen LogP contribution >= 0.6 is 11.3 Å². The van der Waals surface area contributed by atoms with Gasteiger partial charge in [0.1, 0.15) is 5.75 Å². The number of ether oxygens (including phenoxy) is 1. The van der Waals surface area contributed by atoms with Gasteiger partial charge in [0.25, 0.3) is 5.91 Å². The zero-order valence-electron chi connectivity index (χ0n) is 16.5. The lowest BCUT2D eigenvalue weighted by Crippen LogP contribution is -2.40. The molecule has 3 aromatic rings. The summed E-state index contributed by atoms with van der Waals surface area (Å²) >= 11 is 1.66. The fraction of sp³-hybridized carbons (Fsp3) is 0.348. The van der Waals surface area contributed by atoms with Crippen LogP contribution in [0.3, 0.4) is 0 Å². The molecule has 1 aliphatic rings. The van der Waals surface area contributed by atoms with E-state index in [1.165, 1.54) is 5.39 Å². The first-order valence-corrected chi connectivity index (χ1v) is 10.8. The number of aliphatic hydroxyl groups is 1. The van der Waals surface area contributed by atoms with Crippen molar-refractivity contribution in [1.29, 1.82) is 0 Å². The van der Waals surface area contributed by atoms with Gasteiger partial charge in [-0.05, 0) is 47.0 Å². The lowest BCUT2D eigenvalue weighted by Gasteiger charge is -2.32. The van der Waals surface area contributed by atoms with E-state index in [1.807, 2.05) is 61.0 Å². The lowest BCUT2D eigenvalue weighted by molar-refractivity contribution is -0.134. The van der Waals surface area contributed by atoms with Crippen LogP contribution in [0.5, 0.6) is 5.75 Å². The number of amides is 1. The maximum absolute atomic E-state index is 12.9. The second-order valence-electron chi connectivity index (χ2n) is 7.54. The van der Waals surface area contributed by atoms with Gasteiger partial charge in [-0.25, -0.2) is 0 Å². The second kappa shape index (κ2) is 8.95. The van der Waals surface area contributed by atoms with Crippen LogP contribution < -0.4 is 4.74 Å². The van der Waals surface area contributed by atoms with E-state index in [4.69, 9.17) is 4.74 Å².